The number of nitrogens with zero attached hydrogens (tertiary/aromatic N) is 1. The number of nitrogens with one attached hydrogen (secondary N) is 1. The van der Waals surface area contributed by atoms with Gasteiger partial charge in [0.1, 0.15) is 5.92 Å². The second-order valence-corrected chi connectivity index (χ2v) is 8.38. The van der Waals surface area contributed by atoms with Gasteiger partial charge in [-0.15, -0.1) is 0 Å². The molecule has 2 aromatic rings. The zero-order chi connectivity index (χ0) is 17.2. The molecule has 1 aliphatic rings. The first-order valence-corrected chi connectivity index (χ1v) is 9.76. The lowest BCUT2D eigenvalue weighted by atomic mass is 9.90. The van der Waals surface area contributed by atoms with E-state index < -0.39 is 15.8 Å². The molecule has 5 nitrogen and oxygen atoms in total. The summed E-state index contributed by atoms with van der Waals surface area (Å²) in [6.07, 6.45) is 2.13. The van der Waals surface area contributed by atoms with Gasteiger partial charge < -0.3 is 5.32 Å². The van der Waals surface area contributed by atoms with E-state index in [-0.39, 0.29) is 23.5 Å². The Morgan fingerprint density at radius 2 is 1.96 bits per heavy atom. The summed E-state index contributed by atoms with van der Waals surface area (Å²) < 4.78 is 23.2. The molecule has 24 heavy (non-hydrogen) atoms. The molecule has 1 saturated heterocycles. The van der Waals surface area contributed by atoms with Gasteiger partial charge in [-0.25, -0.2) is 8.42 Å². The first-order valence-electron chi connectivity index (χ1n) is 7.93. The van der Waals surface area contributed by atoms with E-state index in [1.807, 2.05) is 43.3 Å². The predicted octanol–water partition coefficient (Wildman–Crippen LogP) is 1.83. The van der Waals surface area contributed by atoms with Crippen LogP contribution in [0.1, 0.15) is 29.2 Å². The third-order valence-corrected chi connectivity index (χ3v) is 6.09. The number of rotatable bonds is 4. The second kappa shape index (κ2) is 6.73. The van der Waals surface area contributed by atoms with Gasteiger partial charge in [0.05, 0.1) is 17.2 Å². The highest BCUT2D eigenvalue weighted by Gasteiger charge is 2.32. The molecule has 1 N–H and O–H groups in total. The van der Waals surface area contributed by atoms with E-state index in [2.05, 4.69) is 10.3 Å². The maximum absolute atomic E-state index is 12.9. The van der Waals surface area contributed by atoms with Gasteiger partial charge in [-0.3, -0.25) is 9.78 Å². The van der Waals surface area contributed by atoms with Gasteiger partial charge in [0, 0.05) is 12.2 Å². The van der Waals surface area contributed by atoms with Crippen LogP contribution in [0.15, 0.2) is 48.7 Å². The number of carbonyl (C=O) groups excluding carboxylic acids is 1. The molecule has 1 fully saturated rings. The third-order valence-electron chi connectivity index (χ3n) is 4.32. The largest absolute Gasteiger partial charge is 0.351 e. The van der Waals surface area contributed by atoms with Crippen molar-refractivity contribution in [2.75, 3.05) is 11.5 Å². The number of pyridine rings is 1. The minimum absolute atomic E-state index is 0.0153. The Hall–Kier alpha value is -2.21. The summed E-state index contributed by atoms with van der Waals surface area (Å²) in [6, 6.07) is 12.8. The lowest BCUT2D eigenvalue weighted by Crippen LogP contribution is -2.39. The molecular weight excluding hydrogens is 324 g/mol. The summed E-state index contributed by atoms with van der Waals surface area (Å²) in [4.78, 5) is 17.3. The van der Waals surface area contributed by atoms with Crippen LogP contribution >= 0.6 is 0 Å². The van der Waals surface area contributed by atoms with E-state index in [1.165, 1.54) is 0 Å². The van der Waals surface area contributed by atoms with E-state index in [4.69, 9.17) is 0 Å². The highest BCUT2D eigenvalue weighted by atomic mass is 32.2. The van der Waals surface area contributed by atoms with E-state index in [9.17, 15) is 13.2 Å². The average Bonchev–Trinajstić information content (AvgIpc) is 2.89. The van der Waals surface area contributed by atoms with E-state index in [0.29, 0.717) is 12.1 Å². The zero-order valence-electron chi connectivity index (χ0n) is 13.5. The average molecular weight is 344 g/mol. The molecular formula is C18H20N2O3S. The number of carbonyl (C=O) groups is 1. The quantitative estimate of drug-likeness (QED) is 0.918. The molecule has 3 rings (SSSR count). The molecule has 2 heterocycles. The summed E-state index contributed by atoms with van der Waals surface area (Å²) in [5.74, 6) is -0.598. The first kappa shape index (κ1) is 16.6. The number of aryl methyl sites for hydroxylation is 1. The predicted molar refractivity (Wildman–Crippen MR) is 92.5 cm³/mol. The minimum Gasteiger partial charge on any atom is -0.351 e. The van der Waals surface area contributed by atoms with Gasteiger partial charge in [0.2, 0.25) is 5.91 Å². The SMILES string of the molecule is Cc1ccccc1C(C(=O)NC1CCS(=O)(=O)C1)c1ccccn1. The number of hydrogen-bond acceptors (Lipinski definition) is 4. The Labute approximate surface area is 142 Å². The monoisotopic (exact) mass is 344 g/mol. The number of amides is 1. The maximum Gasteiger partial charge on any atom is 0.233 e. The normalized spacial score (nSPS) is 20.5. The molecule has 1 amide bonds. The second-order valence-electron chi connectivity index (χ2n) is 6.15. The van der Waals surface area contributed by atoms with Crippen LogP contribution in [-0.4, -0.2) is 36.9 Å². The van der Waals surface area contributed by atoms with Crippen molar-refractivity contribution in [1.82, 2.24) is 10.3 Å². The Bertz CT molecular complexity index is 834. The third kappa shape index (κ3) is 3.64. The summed E-state index contributed by atoms with van der Waals surface area (Å²) in [7, 11) is -3.03. The van der Waals surface area contributed by atoms with Crippen LogP contribution in [0.2, 0.25) is 0 Å². The molecule has 0 radical (unpaired) electrons. The van der Waals surface area contributed by atoms with Crippen LogP contribution in [0.3, 0.4) is 0 Å². The molecule has 2 atom stereocenters. The summed E-state index contributed by atoms with van der Waals surface area (Å²) >= 11 is 0. The van der Waals surface area contributed by atoms with Crippen molar-refractivity contribution in [2.45, 2.75) is 25.3 Å². The standard InChI is InChI=1S/C18H20N2O3S/c1-13-6-2-3-7-15(13)17(16-8-4-5-10-19-16)18(21)20-14-9-11-24(22,23)12-14/h2-8,10,14,17H,9,11-12H2,1H3,(H,20,21). The van der Waals surface area contributed by atoms with E-state index >= 15 is 0 Å². The first-order chi connectivity index (χ1) is 11.5. The molecule has 0 aliphatic carbocycles. The van der Waals surface area contributed by atoms with E-state index in [1.54, 1.807) is 12.3 Å². The molecule has 0 saturated carbocycles. The molecule has 1 aliphatic heterocycles. The highest BCUT2D eigenvalue weighted by Crippen LogP contribution is 2.26. The van der Waals surface area contributed by atoms with Crippen molar-refractivity contribution in [2.24, 2.45) is 0 Å². The summed E-state index contributed by atoms with van der Waals surface area (Å²) in [6.45, 7) is 1.96. The summed E-state index contributed by atoms with van der Waals surface area (Å²) in [5.41, 5.74) is 2.54. The molecule has 2 unspecified atom stereocenters. The van der Waals surface area contributed by atoms with Crippen molar-refractivity contribution < 1.29 is 13.2 Å². The number of sulfone groups is 1. The minimum atomic E-state index is -3.03. The fourth-order valence-electron chi connectivity index (χ4n) is 3.09. The van der Waals surface area contributed by atoms with Crippen LogP contribution < -0.4 is 5.32 Å². The van der Waals surface area contributed by atoms with Gasteiger partial charge in [0.25, 0.3) is 0 Å². The van der Waals surface area contributed by atoms with Crippen LogP contribution in [0.4, 0.5) is 0 Å². The molecule has 1 aromatic heterocycles. The van der Waals surface area contributed by atoms with Crippen molar-refractivity contribution in [3.8, 4) is 0 Å². The Balaban J connectivity index is 1.91. The fourth-order valence-corrected chi connectivity index (χ4v) is 4.76. The zero-order valence-corrected chi connectivity index (χ0v) is 14.3. The van der Waals surface area contributed by atoms with Gasteiger partial charge in [0.15, 0.2) is 9.84 Å². The topological polar surface area (TPSA) is 76.1 Å². The molecule has 1 aromatic carbocycles. The Morgan fingerprint density at radius 3 is 2.58 bits per heavy atom. The van der Waals surface area contributed by atoms with Crippen molar-refractivity contribution in [1.29, 1.82) is 0 Å². The van der Waals surface area contributed by atoms with Gasteiger partial charge >= 0.3 is 0 Å². The molecule has 0 spiro atoms. The fraction of sp³-hybridized carbons (Fsp3) is 0.333. The molecule has 0 bridgehead atoms. The van der Waals surface area contributed by atoms with Gasteiger partial charge in [-0.2, -0.15) is 0 Å². The van der Waals surface area contributed by atoms with Crippen molar-refractivity contribution >= 4 is 15.7 Å². The van der Waals surface area contributed by atoms with Gasteiger partial charge in [-0.05, 0) is 36.6 Å². The smallest absolute Gasteiger partial charge is 0.233 e. The number of benzene rings is 1. The maximum atomic E-state index is 12.9. The van der Waals surface area contributed by atoms with Crippen LogP contribution in [0.5, 0.6) is 0 Å². The number of hydrogen-bond donors (Lipinski definition) is 1. The summed E-state index contributed by atoms with van der Waals surface area (Å²) in [5, 5.41) is 2.90. The van der Waals surface area contributed by atoms with Crippen LogP contribution in [0.25, 0.3) is 0 Å². The molecule has 126 valence electrons. The van der Waals surface area contributed by atoms with Crippen molar-refractivity contribution in [3.05, 3.63) is 65.5 Å². The number of aromatic nitrogens is 1. The molecule has 6 heteroatoms. The van der Waals surface area contributed by atoms with Crippen molar-refractivity contribution in [3.63, 3.8) is 0 Å². The van der Waals surface area contributed by atoms with Gasteiger partial charge in [-0.1, -0.05) is 30.3 Å². The Kier molecular flexibility index (Phi) is 4.66. The van der Waals surface area contributed by atoms with E-state index in [0.717, 1.165) is 11.1 Å². The lowest BCUT2D eigenvalue weighted by Gasteiger charge is -2.21. The highest BCUT2D eigenvalue weighted by molar-refractivity contribution is 7.91. The van der Waals surface area contributed by atoms with Crippen LogP contribution in [-0.2, 0) is 14.6 Å². The lowest BCUT2D eigenvalue weighted by molar-refractivity contribution is -0.122. The Morgan fingerprint density at radius 1 is 1.21 bits per heavy atom. The van der Waals surface area contributed by atoms with Crippen LogP contribution in [0, 0.1) is 6.92 Å².